The third kappa shape index (κ3) is 3.00. The SMILES string of the molecule is COc1cccc(CCc2nc(C)ccc2N)c1. The summed E-state index contributed by atoms with van der Waals surface area (Å²) in [6.45, 7) is 1.98. The topological polar surface area (TPSA) is 48.1 Å². The number of aryl methyl sites for hydroxylation is 3. The van der Waals surface area contributed by atoms with Crippen molar-refractivity contribution < 1.29 is 4.74 Å². The maximum Gasteiger partial charge on any atom is 0.119 e. The number of nitrogens with two attached hydrogens (primary N) is 1. The van der Waals surface area contributed by atoms with Crippen LogP contribution in [0.4, 0.5) is 5.69 Å². The normalized spacial score (nSPS) is 10.3. The minimum Gasteiger partial charge on any atom is -0.497 e. The highest BCUT2D eigenvalue weighted by molar-refractivity contribution is 5.43. The molecular formula is C15H18N2O. The molecule has 2 aromatic rings. The van der Waals surface area contributed by atoms with E-state index in [2.05, 4.69) is 11.1 Å². The molecule has 94 valence electrons. The zero-order valence-corrected chi connectivity index (χ0v) is 10.8. The van der Waals surface area contributed by atoms with Crippen molar-refractivity contribution >= 4 is 5.69 Å². The zero-order chi connectivity index (χ0) is 13.0. The van der Waals surface area contributed by atoms with Crippen molar-refractivity contribution in [2.24, 2.45) is 0 Å². The summed E-state index contributed by atoms with van der Waals surface area (Å²) < 4.78 is 5.21. The van der Waals surface area contributed by atoms with Gasteiger partial charge >= 0.3 is 0 Å². The second-order valence-electron chi connectivity index (χ2n) is 4.34. The first kappa shape index (κ1) is 12.4. The molecule has 2 rings (SSSR count). The van der Waals surface area contributed by atoms with Gasteiger partial charge in [0.05, 0.1) is 18.5 Å². The van der Waals surface area contributed by atoms with Crippen LogP contribution >= 0.6 is 0 Å². The predicted octanol–water partition coefficient (Wildman–Crippen LogP) is 2.77. The molecule has 1 aromatic heterocycles. The van der Waals surface area contributed by atoms with Gasteiger partial charge in [0.25, 0.3) is 0 Å². The summed E-state index contributed by atoms with van der Waals surface area (Å²) in [7, 11) is 1.68. The number of methoxy groups -OCH3 is 1. The van der Waals surface area contributed by atoms with Gasteiger partial charge in [-0.3, -0.25) is 4.98 Å². The number of aromatic nitrogens is 1. The standard InChI is InChI=1S/C15H18N2O/c1-11-6-8-14(16)15(17-11)9-7-12-4-3-5-13(10-12)18-2/h3-6,8,10H,7,9,16H2,1-2H3. The fourth-order valence-electron chi connectivity index (χ4n) is 1.91. The quantitative estimate of drug-likeness (QED) is 0.896. The Morgan fingerprint density at radius 3 is 2.78 bits per heavy atom. The van der Waals surface area contributed by atoms with Crippen LogP contribution < -0.4 is 10.5 Å². The van der Waals surface area contributed by atoms with E-state index in [0.29, 0.717) is 0 Å². The van der Waals surface area contributed by atoms with Crippen LogP contribution in [0, 0.1) is 6.92 Å². The van der Waals surface area contributed by atoms with E-state index in [1.807, 2.05) is 37.3 Å². The van der Waals surface area contributed by atoms with Gasteiger partial charge in [0.2, 0.25) is 0 Å². The summed E-state index contributed by atoms with van der Waals surface area (Å²) in [6, 6.07) is 11.9. The zero-order valence-electron chi connectivity index (χ0n) is 10.8. The van der Waals surface area contributed by atoms with Crippen LogP contribution in [0.3, 0.4) is 0 Å². The van der Waals surface area contributed by atoms with Gasteiger partial charge in [-0.05, 0) is 49.6 Å². The lowest BCUT2D eigenvalue weighted by molar-refractivity contribution is 0.414. The van der Waals surface area contributed by atoms with Crippen LogP contribution in [0.2, 0.25) is 0 Å². The molecule has 3 heteroatoms. The van der Waals surface area contributed by atoms with E-state index in [-0.39, 0.29) is 0 Å². The predicted molar refractivity (Wildman–Crippen MR) is 73.8 cm³/mol. The second-order valence-corrected chi connectivity index (χ2v) is 4.34. The fourth-order valence-corrected chi connectivity index (χ4v) is 1.91. The van der Waals surface area contributed by atoms with Crippen LogP contribution in [0.25, 0.3) is 0 Å². The van der Waals surface area contributed by atoms with Gasteiger partial charge in [-0.2, -0.15) is 0 Å². The third-order valence-electron chi connectivity index (χ3n) is 2.93. The molecular weight excluding hydrogens is 224 g/mol. The van der Waals surface area contributed by atoms with E-state index in [4.69, 9.17) is 10.5 Å². The van der Waals surface area contributed by atoms with Gasteiger partial charge in [0, 0.05) is 5.69 Å². The van der Waals surface area contributed by atoms with Crippen molar-refractivity contribution in [1.29, 1.82) is 0 Å². The van der Waals surface area contributed by atoms with Crippen molar-refractivity contribution in [3.63, 3.8) is 0 Å². The molecule has 0 saturated heterocycles. The van der Waals surface area contributed by atoms with Gasteiger partial charge < -0.3 is 10.5 Å². The Morgan fingerprint density at radius 2 is 2.00 bits per heavy atom. The van der Waals surface area contributed by atoms with Crippen molar-refractivity contribution in [2.45, 2.75) is 19.8 Å². The highest BCUT2D eigenvalue weighted by Gasteiger charge is 2.03. The molecule has 1 heterocycles. The number of hydrogen-bond donors (Lipinski definition) is 1. The Labute approximate surface area is 108 Å². The minimum atomic E-state index is 0.767. The number of benzene rings is 1. The first-order valence-corrected chi connectivity index (χ1v) is 6.04. The number of rotatable bonds is 4. The Kier molecular flexibility index (Phi) is 3.82. The van der Waals surface area contributed by atoms with Crippen LogP contribution in [-0.4, -0.2) is 12.1 Å². The van der Waals surface area contributed by atoms with Crippen molar-refractivity contribution in [3.8, 4) is 5.75 Å². The summed E-state index contributed by atoms with van der Waals surface area (Å²) in [4.78, 5) is 4.47. The number of nitrogens with zero attached hydrogens (tertiary/aromatic N) is 1. The van der Waals surface area contributed by atoms with Gasteiger partial charge in [0.15, 0.2) is 0 Å². The first-order valence-electron chi connectivity index (χ1n) is 6.04. The molecule has 0 radical (unpaired) electrons. The van der Waals surface area contributed by atoms with Crippen molar-refractivity contribution in [2.75, 3.05) is 12.8 Å². The number of pyridine rings is 1. The molecule has 0 unspecified atom stereocenters. The average molecular weight is 242 g/mol. The van der Waals surface area contributed by atoms with E-state index in [9.17, 15) is 0 Å². The maximum atomic E-state index is 5.92. The Balaban J connectivity index is 2.08. The molecule has 0 amide bonds. The summed E-state index contributed by atoms with van der Waals surface area (Å²) in [6.07, 6.45) is 1.76. The molecule has 0 spiro atoms. The van der Waals surface area contributed by atoms with E-state index in [1.54, 1.807) is 7.11 Å². The Hall–Kier alpha value is -2.03. The first-order chi connectivity index (χ1) is 8.69. The summed E-state index contributed by atoms with van der Waals surface area (Å²) >= 11 is 0. The van der Waals surface area contributed by atoms with Gasteiger partial charge in [-0.1, -0.05) is 12.1 Å². The Bertz CT molecular complexity index is 538. The second kappa shape index (κ2) is 5.54. The lowest BCUT2D eigenvalue weighted by Gasteiger charge is -2.07. The van der Waals surface area contributed by atoms with Crippen LogP contribution in [-0.2, 0) is 12.8 Å². The van der Waals surface area contributed by atoms with Gasteiger partial charge in [-0.15, -0.1) is 0 Å². The number of nitrogen functional groups attached to an aromatic ring is 1. The lowest BCUT2D eigenvalue weighted by atomic mass is 10.1. The number of anilines is 1. The summed E-state index contributed by atoms with van der Waals surface area (Å²) in [5, 5.41) is 0. The molecule has 0 atom stereocenters. The number of ether oxygens (including phenoxy) is 1. The molecule has 3 nitrogen and oxygen atoms in total. The highest BCUT2D eigenvalue weighted by Crippen LogP contribution is 2.16. The molecule has 0 bridgehead atoms. The summed E-state index contributed by atoms with van der Waals surface area (Å²) in [5.41, 5.74) is 9.90. The molecule has 0 aliphatic heterocycles. The molecule has 0 aliphatic rings. The third-order valence-corrected chi connectivity index (χ3v) is 2.93. The monoisotopic (exact) mass is 242 g/mol. The van der Waals surface area contributed by atoms with Crippen LogP contribution in [0.1, 0.15) is 17.0 Å². The number of hydrogen-bond acceptors (Lipinski definition) is 3. The Morgan fingerprint density at radius 1 is 1.17 bits per heavy atom. The molecule has 18 heavy (non-hydrogen) atoms. The highest BCUT2D eigenvalue weighted by atomic mass is 16.5. The van der Waals surface area contributed by atoms with Crippen molar-refractivity contribution in [3.05, 3.63) is 53.3 Å². The summed E-state index contributed by atoms with van der Waals surface area (Å²) in [5.74, 6) is 0.887. The van der Waals surface area contributed by atoms with Crippen LogP contribution in [0.5, 0.6) is 5.75 Å². The van der Waals surface area contributed by atoms with Gasteiger partial charge in [-0.25, -0.2) is 0 Å². The van der Waals surface area contributed by atoms with Crippen molar-refractivity contribution in [1.82, 2.24) is 4.98 Å². The molecule has 0 aliphatic carbocycles. The lowest BCUT2D eigenvalue weighted by Crippen LogP contribution is -2.01. The fraction of sp³-hybridized carbons (Fsp3) is 0.267. The minimum absolute atomic E-state index is 0.767. The molecule has 0 fully saturated rings. The smallest absolute Gasteiger partial charge is 0.119 e. The molecule has 0 saturated carbocycles. The van der Waals surface area contributed by atoms with E-state index >= 15 is 0 Å². The maximum absolute atomic E-state index is 5.92. The van der Waals surface area contributed by atoms with E-state index in [0.717, 1.165) is 35.7 Å². The average Bonchev–Trinajstić information content (AvgIpc) is 2.40. The molecule has 2 N–H and O–H groups in total. The largest absolute Gasteiger partial charge is 0.497 e. The van der Waals surface area contributed by atoms with E-state index < -0.39 is 0 Å². The van der Waals surface area contributed by atoms with E-state index in [1.165, 1.54) is 5.56 Å². The van der Waals surface area contributed by atoms with Crippen LogP contribution in [0.15, 0.2) is 36.4 Å². The molecule has 1 aromatic carbocycles. The van der Waals surface area contributed by atoms with Gasteiger partial charge in [0.1, 0.15) is 5.75 Å².